The average Bonchev–Trinajstić information content (AvgIpc) is 2.81. The molecule has 1 heterocycles. The highest BCUT2D eigenvalue weighted by molar-refractivity contribution is 7.17. The van der Waals surface area contributed by atoms with Crippen LogP contribution in [0.2, 0.25) is 0 Å². The molecule has 1 aromatic heterocycles. The summed E-state index contributed by atoms with van der Waals surface area (Å²) in [5.74, 6) is 0. The minimum absolute atomic E-state index is 0.664. The lowest BCUT2D eigenvalue weighted by molar-refractivity contribution is 0.112. The molecule has 0 radical (unpaired) electrons. The molecule has 0 aliphatic carbocycles. The molecule has 0 fully saturated rings. The van der Waals surface area contributed by atoms with Gasteiger partial charge >= 0.3 is 0 Å². The van der Waals surface area contributed by atoms with Crippen LogP contribution in [-0.2, 0) is 6.54 Å². The number of nitrogens with zero attached hydrogens (tertiary/aromatic N) is 2. The Kier molecular flexibility index (Phi) is 3.54. The van der Waals surface area contributed by atoms with Crippen molar-refractivity contribution in [1.29, 1.82) is 0 Å². The fourth-order valence-electron chi connectivity index (χ4n) is 1.62. The number of aromatic nitrogens is 1. The minimum Gasteiger partial charge on any atom is -0.347 e. The van der Waals surface area contributed by atoms with Crippen molar-refractivity contribution >= 4 is 22.8 Å². The Hall–Kier alpha value is -1.68. The predicted molar refractivity (Wildman–Crippen MR) is 70.8 cm³/mol. The molecule has 3 nitrogen and oxygen atoms in total. The minimum atomic E-state index is 0.664. The van der Waals surface area contributed by atoms with E-state index in [1.165, 1.54) is 22.5 Å². The van der Waals surface area contributed by atoms with Gasteiger partial charge in [-0.2, -0.15) is 0 Å². The summed E-state index contributed by atoms with van der Waals surface area (Å²) in [6.45, 7) is 2.90. The summed E-state index contributed by atoms with van der Waals surface area (Å²) in [5, 5.41) is 0.871. The third-order valence-corrected chi connectivity index (χ3v) is 3.66. The van der Waals surface area contributed by atoms with E-state index in [4.69, 9.17) is 0 Å². The number of carbonyl (C=O) groups is 1. The molecule has 0 atom stereocenters. The molecular formula is C13H14N2OS. The van der Waals surface area contributed by atoms with Crippen molar-refractivity contribution in [1.82, 2.24) is 4.98 Å². The smallest absolute Gasteiger partial charge is 0.185 e. The Morgan fingerprint density at radius 3 is 2.82 bits per heavy atom. The molecule has 17 heavy (non-hydrogen) atoms. The zero-order valence-corrected chi connectivity index (χ0v) is 10.7. The summed E-state index contributed by atoms with van der Waals surface area (Å²) in [7, 11) is 1.99. The van der Waals surface area contributed by atoms with Gasteiger partial charge in [0.25, 0.3) is 0 Å². The van der Waals surface area contributed by atoms with E-state index in [1.807, 2.05) is 19.2 Å². The Bertz CT molecular complexity index is 522. The van der Waals surface area contributed by atoms with Crippen LogP contribution in [0.4, 0.5) is 5.13 Å². The Morgan fingerprint density at radius 2 is 2.18 bits per heavy atom. The normalized spacial score (nSPS) is 10.2. The van der Waals surface area contributed by atoms with E-state index in [-0.39, 0.29) is 0 Å². The van der Waals surface area contributed by atoms with Crippen molar-refractivity contribution < 1.29 is 4.79 Å². The fourth-order valence-corrected chi connectivity index (χ4v) is 2.31. The highest BCUT2D eigenvalue weighted by Gasteiger charge is 2.08. The quantitative estimate of drug-likeness (QED) is 0.778. The second kappa shape index (κ2) is 5.10. The molecule has 0 saturated carbocycles. The van der Waals surface area contributed by atoms with Gasteiger partial charge in [0.15, 0.2) is 11.4 Å². The van der Waals surface area contributed by atoms with Crippen LogP contribution in [0.1, 0.15) is 20.8 Å². The number of anilines is 1. The van der Waals surface area contributed by atoms with E-state index in [0.717, 1.165) is 18.0 Å². The van der Waals surface area contributed by atoms with Crippen molar-refractivity contribution in [3.05, 3.63) is 46.5 Å². The number of carbonyl (C=O) groups excluding carboxylic acids is 1. The molecule has 2 aromatic rings. The molecule has 2 rings (SSSR count). The van der Waals surface area contributed by atoms with Crippen LogP contribution in [0, 0.1) is 6.92 Å². The van der Waals surface area contributed by atoms with E-state index in [2.05, 4.69) is 28.9 Å². The largest absolute Gasteiger partial charge is 0.347 e. The standard InChI is InChI=1S/C13H14N2OS/c1-10-5-3-4-6-11(10)8-15(2)13-14-7-12(9-16)17-13/h3-7,9H,8H2,1-2H3. The van der Waals surface area contributed by atoms with Gasteiger partial charge in [0.05, 0.1) is 11.1 Å². The van der Waals surface area contributed by atoms with Gasteiger partial charge in [0, 0.05) is 13.6 Å². The van der Waals surface area contributed by atoms with E-state index in [0.29, 0.717) is 4.88 Å². The Balaban J connectivity index is 2.14. The van der Waals surface area contributed by atoms with E-state index >= 15 is 0 Å². The summed E-state index contributed by atoms with van der Waals surface area (Å²) >= 11 is 1.41. The molecule has 0 aliphatic rings. The zero-order chi connectivity index (χ0) is 12.3. The van der Waals surface area contributed by atoms with Gasteiger partial charge in [0.1, 0.15) is 0 Å². The average molecular weight is 246 g/mol. The third kappa shape index (κ3) is 2.71. The van der Waals surface area contributed by atoms with Gasteiger partial charge in [-0.25, -0.2) is 4.98 Å². The van der Waals surface area contributed by atoms with E-state index < -0.39 is 0 Å². The third-order valence-electron chi connectivity index (χ3n) is 2.62. The van der Waals surface area contributed by atoms with Crippen molar-refractivity contribution in [2.75, 3.05) is 11.9 Å². The summed E-state index contributed by atoms with van der Waals surface area (Å²) in [4.78, 5) is 17.6. The lowest BCUT2D eigenvalue weighted by atomic mass is 10.1. The second-order valence-electron chi connectivity index (χ2n) is 3.95. The SMILES string of the molecule is Cc1ccccc1CN(C)c1ncc(C=O)s1. The number of rotatable bonds is 4. The van der Waals surface area contributed by atoms with Crippen LogP contribution in [0.3, 0.4) is 0 Å². The summed E-state index contributed by atoms with van der Waals surface area (Å²) in [6, 6.07) is 8.28. The maximum absolute atomic E-state index is 10.6. The molecule has 88 valence electrons. The molecule has 0 N–H and O–H groups in total. The maximum atomic E-state index is 10.6. The van der Waals surface area contributed by atoms with E-state index in [9.17, 15) is 4.79 Å². The molecule has 1 aromatic carbocycles. The molecule has 4 heteroatoms. The van der Waals surface area contributed by atoms with Gasteiger partial charge in [-0.05, 0) is 18.1 Å². The zero-order valence-electron chi connectivity index (χ0n) is 9.88. The number of aryl methyl sites for hydroxylation is 1. The van der Waals surface area contributed by atoms with Crippen molar-refractivity contribution in [3.8, 4) is 0 Å². The van der Waals surface area contributed by atoms with Crippen molar-refractivity contribution in [2.45, 2.75) is 13.5 Å². The Morgan fingerprint density at radius 1 is 1.41 bits per heavy atom. The van der Waals surface area contributed by atoms with Gasteiger partial charge in [-0.3, -0.25) is 4.79 Å². The lowest BCUT2D eigenvalue weighted by Crippen LogP contribution is -2.16. The monoisotopic (exact) mass is 246 g/mol. The fraction of sp³-hybridized carbons (Fsp3) is 0.231. The first-order chi connectivity index (χ1) is 8.20. The van der Waals surface area contributed by atoms with Crippen LogP contribution in [0.25, 0.3) is 0 Å². The molecule has 0 spiro atoms. The summed E-state index contributed by atoms with van der Waals surface area (Å²) in [5.41, 5.74) is 2.55. The van der Waals surface area contributed by atoms with Gasteiger partial charge in [-0.15, -0.1) is 0 Å². The predicted octanol–water partition coefficient (Wildman–Crippen LogP) is 2.90. The topological polar surface area (TPSA) is 33.2 Å². The highest BCUT2D eigenvalue weighted by Crippen LogP contribution is 2.22. The number of hydrogen-bond donors (Lipinski definition) is 0. The van der Waals surface area contributed by atoms with Crippen LogP contribution in [0.5, 0.6) is 0 Å². The molecule has 0 unspecified atom stereocenters. The highest BCUT2D eigenvalue weighted by atomic mass is 32.1. The summed E-state index contributed by atoms with van der Waals surface area (Å²) < 4.78 is 0. The van der Waals surface area contributed by atoms with Crippen molar-refractivity contribution in [3.63, 3.8) is 0 Å². The van der Waals surface area contributed by atoms with Gasteiger partial charge in [0.2, 0.25) is 0 Å². The Labute approximate surface area is 105 Å². The lowest BCUT2D eigenvalue weighted by Gasteiger charge is -2.16. The molecule has 0 saturated heterocycles. The first kappa shape index (κ1) is 11.8. The number of hydrogen-bond acceptors (Lipinski definition) is 4. The van der Waals surface area contributed by atoms with Crippen LogP contribution >= 0.6 is 11.3 Å². The van der Waals surface area contributed by atoms with Crippen LogP contribution in [-0.4, -0.2) is 18.3 Å². The first-order valence-corrected chi connectivity index (χ1v) is 6.19. The molecule has 0 aliphatic heterocycles. The first-order valence-electron chi connectivity index (χ1n) is 5.37. The maximum Gasteiger partial charge on any atom is 0.185 e. The molecular weight excluding hydrogens is 232 g/mol. The number of aldehydes is 1. The summed E-state index contributed by atoms with van der Waals surface area (Å²) in [6.07, 6.45) is 2.45. The van der Waals surface area contributed by atoms with Crippen LogP contribution < -0.4 is 4.90 Å². The van der Waals surface area contributed by atoms with Crippen molar-refractivity contribution in [2.24, 2.45) is 0 Å². The molecule has 0 bridgehead atoms. The number of benzene rings is 1. The van der Waals surface area contributed by atoms with E-state index in [1.54, 1.807) is 6.20 Å². The number of thiazole rings is 1. The molecule has 0 amide bonds. The van der Waals surface area contributed by atoms with Gasteiger partial charge in [-0.1, -0.05) is 35.6 Å². The van der Waals surface area contributed by atoms with Crippen LogP contribution in [0.15, 0.2) is 30.5 Å². The second-order valence-corrected chi connectivity index (χ2v) is 4.99. The van der Waals surface area contributed by atoms with Gasteiger partial charge < -0.3 is 4.90 Å².